The van der Waals surface area contributed by atoms with E-state index < -0.39 is 0 Å². The normalized spacial score (nSPS) is 16.3. The summed E-state index contributed by atoms with van der Waals surface area (Å²) in [5.41, 5.74) is 1.51. The van der Waals surface area contributed by atoms with Crippen LogP contribution in [0.5, 0.6) is 0 Å². The summed E-state index contributed by atoms with van der Waals surface area (Å²) in [5.74, 6) is 1.07. The van der Waals surface area contributed by atoms with Crippen molar-refractivity contribution in [2.24, 2.45) is 11.8 Å². The summed E-state index contributed by atoms with van der Waals surface area (Å²) < 4.78 is 0. The van der Waals surface area contributed by atoms with E-state index in [2.05, 4.69) is 22.9 Å². The number of hydrogen-bond donors (Lipinski definition) is 3. The van der Waals surface area contributed by atoms with Crippen LogP contribution in [0, 0.1) is 11.8 Å². The third-order valence-electron chi connectivity index (χ3n) is 4.93. The molecule has 6 nitrogen and oxygen atoms in total. The molecule has 1 aromatic rings. The highest BCUT2D eigenvalue weighted by molar-refractivity contribution is 5.93. The summed E-state index contributed by atoms with van der Waals surface area (Å²) in [4.78, 5) is 26.1. The molecule has 1 fully saturated rings. The SMILES string of the molecule is CC(CC(=O)Nc1ccc(NC(=O)CCN(C)C)cc1)C1CCNCC1. The summed E-state index contributed by atoms with van der Waals surface area (Å²) in [7, 11) is 3.88. The van der Waals surface area contributed by atoms with Gasteiger partial charge in [-0.25, -0.2) is 0 Å². The molecule has 0 spiro atoms. The Kier molecular flexibility index (Phi) is 8.06. The van der Waals surface area contributed by atoms with E-state index in [4.69, 9.17) is 0 Å². The predicted molar refractivity (Wildman–Crippen MR) is 106 cm³/mol. The van der Waals surface area contributed by atoms with Crippen LogP contribution in [0.2, 0.25) is 0 Å². The van der Waals surface area contributed by atoms with Gasteiger partial charge in [0.2, 0.25) is 11.8 Å². The number of rotatable bonds is 8. The van der Waals surface area contributed by atoms with E-state index in [9.17, 15) is 9.59 Å². The second kappa shape index (κ2) is 10.3. The van der Waals surface area contributed by atoms with Crippen molar-refractivity contribution >= 4 is 23.2 Å². The minimum Gasteiger partial charge on any atom is -0.326 e. The molecular weight excluding hydrogens is 328 g/mol. The number of benzene rings is 1. The van der Waals surface area contributed by atoms with Crippen LogP contribution in [0.1, 0.15) is 32.6 Å². The fourth-order valence-electron chi connectivity index (χ4n) is 3.27. The number of piperidine rings is 1. The molecule has 0 bridgehead atoms. The number of nitrogens with zero attached hydrogens (tertiary/aromatic N) is 1. The van der Waals surface area contributed by atoms with Gasteiger partial charge in [-0.15, -0.1) is 0 Å². The van der Waals surface area contributed by atoms with E-state index in [1.165, 1.54) is 0 Å². The molecule has 1 aliphatic heterocycles. The van der Waals surface area contributed by atoms with E-state index >= 15 is 0 Å². The Hall–Kier alpha value is -1.92. The highest BCUT2D eigenvalue weighted by Crippen LogP contribution is 2.25. The van der Waals surface area contributed by atoms with Crippen LogP contribution in [-0.4, -0.2) is 50.4 Å². The van der Waals surface area contributed by atoms with Crippen LogP contribution in [-0.2, 0) is 9.59 Å². The summed E-state index contributed by atoms with van der Waals surface area (Å²) in [5, 5.41) is 9.19. The van der Waals surface area contributed by atoms with Gasteiger partial charge in [0, 0.05) is 30.8 Å². The number of carbonyl (C=O) groups is 2. The van der Waals surface area contributed by atoms with Gasteiger partial charge in [0.05, 0.1) is 0 Å². The molecule has 0 saturated carbocycles. The Balaban J connectivity index is 1.77. The van der Waals surface area contributed by atoms with Gasteiger partial charge < -0.3 is 20.9 Å². The lowest BCUT2D eigenvalue weighted by atomic mass is 9.84. The van der Waals surface area contributed by atoms with Crippen molar-refractivity contribution in [2.75, 3.05) is 44.4 Å². The molecule has 1 aliphatic rings. The van der Waals surface area contributed by atoms with Gasteiger partial charge in [-0.1, -0.05) is 6.92 Å². The van der Waals surface area contributed by atoms with E-state index in [0.717, 1.165) is 43.9 Å². The summed E-state index contributed by atoms with van der Waals surface area (Å²) in [6.45, 7) is 4.99. The van der Waals surface area contributed by atoms with E-state index in [-0.39, 0.29) is 11.8 Å². The summed E-state index contributed by atoms with van der Waals surface area (Å²) in [6, 6.07) is 7.29. The zero-order chi connectivity index (χ0) is 18.9. The van der Waals surface area contributed by atoms with Gasteiger partial charge in [0.1, 0.15) is 0 Å². The monoisotopic (exact) mass is 360 g/mol. The van der Waals surface area contributed by atoms with Crippen LogP contribution in [0.3, 0.4) is 0 Å². The first-order chi connectivity index (χ1) is 12.4. The second-order valence-electron chi connectivity index (χ2n) is 7.50. The molecule has 3 N–H and O–H groups in total. The van der Waals surface area contributed by atoms with Crippen LogP contribution < -0.4 is 16.0 Å². The van der Waals surface area contributed by atoms with Gasteiger partial charge in [-0.2, -0.15) is 0 Å². The summed E-state index contributed by atoms with van der Waals surface area (Å²) in [6.07, 6.45) is 3.31. The lowest BCUT2D eigenvalue weighted by Gasteiger charge is -2.27. The van der Waals surface area contributed by atoms with Crippen molar-refractivity contribution in [1.82, 2.24) is 10.2 Å². The fraction of sp³-hybridized carbons (Fsp3) is 0.600. The second-order valence-corrected chi connectivity index (χ2v) is 7.50. The first kappa shape index (κ1) is 20.4. The third kappa shape index (κ3) is 7.14. The van der Waals surface area contributed by atoms with Crippen molar-refractivity contribution < 1.29 is 9.59 Å². The molecule has 0 aliphatic carbocycles. The Morgan fingerprint density at radius 3 is 2.15 bits per heavy atom. The molecule has 1 unspecified atom stereocenters. The number of carbonyl (C=O) groups excluding carboxylic acids is 2. The maximum absolute atomic E-state index is 12.3. The van der Waals surface area contributed by atoms with E-state index in [1.807, 2.05) is 43.3 Å². The van der Waals surface area contributed by atoms with Gasteiger partial charge in [-0.3, -0.25) is 9.59 Å². The third-order valence-corrected chi connectivity index (χ3v) is 4.93. The van der Waals surface area contributed by atoms with Gasteiger partial charge in [0.15, 0.2) is 0 Å². The number of nitrogens with one attached hydrogen (secondary N) is 3. The molecule has 0 aromatic heterocycles. The molecule has 0 radical (unpaired) electrons. The quantitative estimate of drug-likeness (QED) is 0.666. The van der Waals surface area contributed by atoms with E-state index in [1.54, 1.807) is 0 Å². The van der Waals surface area contributed by atoms with Gasteiger partial charge in [-0.05, 0) is 76.1 Å². The number of hydrogen-bond acceptors (Lipinski definition) is 4. The topological polar surface area (TPSA) is 73.5 Å². The van der Waals surface area contributed by atoms with Crippen molar-refractivity contribution in [3.05, 3.63) is 24.3 Å². The van der Waals surface area contributed by atoms with Crippen molar-refractivity contribution in [1.29, 1.82) is 0 Å². The van der Waals surface area contributed by atoms with Crippen LogP contribution in [0.15, 0.2) is 24.3 Å². The molecule has 144 valence electrons. The minimum absolute atomic E-state index is 0.00807. The molecular formula is C20H32N4O2. The smallest absolute Gasteiger partial charge is 0.225 e. The standard InChI is InChI=1S/C20H32N4O2/c1-15(16-8-11-21-12-9-16)14-20(26)23-18-6-4-17(5-7-18)22-19(25)10-13-24(2)3/h4-7,15-16,21H,8-14H2,1-3H3,(H,22,25)(H,23,26). The van der Waals surface area contributed by atoms with Gasteiger partial charge >= 0.3 is 0 Å². The number of anilines is 2. The zero-order valence-electron chi connectivity index (χ0n) is 16.2. The van der Waals surface area contributed by atoms with Gasteiger partial charge in [0.25, 0.3) is 0 Å². The molecule has 1 saturated heterocycles. The van der Waals surface area contributed by atoms with Crippen molar-refractivity contribution in [3.8, 4) is 0 Å². The average molecular weight is 361 g/mol. The molecule has 1 atom stereocenters. The Labute approximate surface area is 156 Å². The van der Waals surface area contributed by atoms with Crippen molar-refractivity contribution in [2.45, 2.75) is 32.6 Å². The Morgan fingerprint density at radius 2 is 1.62 bits per heavy atom. The Morgan fingerprint density at radius 1 is 1.08 bits per heavy atom. The first-order valence-corrected chi connectivity index (χ1v) is 9.49. The first-order valence-electron chi connectivity index (χ1n) is 9.49. The largest absolute Gasteiger partial charge is 0.326 e. The molecule has 1 heterocycles. The molecule has 26 heavy (non-hydrogen) atoms. The van der Waals surface area contributed by atoms with Crippen LogP contribution >= 0.6 is 0 Å². The van der Waals surface area contributed by atoms with E-state index in [0.29, 0.717) is 24.7 Å². The lowest BCUT2D eigenvalue weighted by Crippen LogP contribution is -2.32. The van der Waals surface area contributed by atoms with Crippen molar-refractivity contribution in [3.63, 3.8) is 0 Å². The highest BCUT2D eigenvalue weighted by atomic mass is 16.2. The lowest BCUT2D eigenvalue weighted by molar-refractivity contribution is -0.117. The average Bonchev–Trinajstić information content (AvgIpc) is 2.62. The molecule has 2 amide bonds. The maximum Gasteiger partial charge on any atom is 0.225 e. The van der Waals surface area contributed by atoms with Crippen LogP contribution in [0.4, 0.5) is 11.4 Å². The number of amides is 2. The summed E-state index contributed by atoms with van der Waals surface area (Å²) >= 11 is 0. The zero-order valence-corrected chi connectivity index (χ0v) is 16.2. The predicted octanol–water partition coefficient (Wildman–Crippen LogP) is 2.54. The minimum atomic E-state index is -0.00807. The molecule has 6 heteroatoms. The molecule has 2 rings (SSSR count). The molecule has 1 aromatic carbocycles. The fourth-order valence-corrected chi connectivity index (χ4v) is 3.27. The Bertz CT molecular complexity index is 580. The maximum atomic E-state index is 12.3. The van der Waals surface area contributed by atoms with Crippen LogP contribution in [0.25, 0.3) is 0 Å². The highest BCUT2D eigenvalue weighted by Gasteiger charge is 2.22.